The molecule has 80 valence electrons. The van der Waals surface area contributed by atoms with Crippen molar-refractivity contribution in [1.29, 1.82) is 5.26 Å². The number of hydrogen-bond acceptors (Lipinski definition) is 2. The maximum absolute atomic E-state index is 8.69. The highest BCUT2D eigenvalue weighted by molar-refractivity contribution is 5.01. The molecule has 0 aromatic heterocycles. The van der Waals surface area contributed by atoms with Gasteiger partial charge in [0.25, 0.3) is 0 Å². The Morgan fingerprint density at radius 3 is 2.57 bits per heavy atom. The van der Waals surface area contributed by atoms with Crippen LogP contribution >= 0.6 is 0 Å². The lowest BCUT2D eigenvalue weighted by Crippen LogP contribution is -2.33. The fraction of sp³-hybridized carbons (Fsp3) is 0.917. The van der Waals surface area contributed by atoms with Gasteiger partial charge in [0.2, 0.25) is 0 Å². The number of hydrogen-bond donors (Lipinski definition) is 1. The molecule has 1 N–H and O–H groups in total. The summed E-state index contributed by atoms with van der Waals surface area (Å²) < 4.78 is 0. The Balaban J connectivity index is 2.21. The first kappa shape index (κ1) is 11.5. The zero-order chi connectivity index (χ0) is 10.4. The molecule has 0 radical (unpaired) electrons. The Kier molecular flexibility index (Phi) is 4.41. The van der Waals surface area contributed by atoms with E-state index >= 15 is 0 Å². The summed E-state index contributed by atoms with van der Waals surface area (Å²) in [4.78, 5) is 0. The van der Waals surface area contributed by atoms with Crippen LogP contribution < -0.4 is 5.32 Å². The molecule has 1 aliphatic rings. The minimum absolute atomic E-state index is 0.357. The second kappa shape index (κ2) is 5.36. The molecule has 2 nitrogen and oxygen atoms in total. The fourth-order valence-corrected chi connectivity index (χ4v) is 1.92. The highest BCUT2D eigenvalue weighted by Gasteiger charge is 2.42. The smallest absolute Gasteiger partial charge is 0.0628 e. The average Bonchev–Trinajstić information content (AvgIpc) is 2.94. The van der Waals surface area contributed by atoms with Gasteiger partial charge in [-0.3, -0.25) is 0 Å². The summed E-state index contributed by atoms with van der Waals surface area (Å²) in [5.41, 5.74) is 0.357. The van der Waals surface area contributed by atoms with Crippen molar-refractivity contribution in [2.75, 3.05) is 6.54 Å². The lowest BCUT2D eigenvalue weighted by Gasteiger charge is -2.19. The van der Waals surface area contributed by atoms with E-state index in [0.29, 0.717) is 11.5 Å². The number of nitrogens with zero attached hydrogens (tertiary/aromatic N) is 1. The van der Waals surface area contributed by atoms with Crippen LogP contribution in [0.5, 0.6) is 0 Å². The standard InChI is InChI=1S/C12H22N2/c1-3-5-11(4-2)14-10-12(6-7-12)8-9-13/h11,14H,3-8,10H2,1-2H3. The zero-order valence-corrected chi connectivity index (χ0v) is 9.47. The molecule has 0 heterocycles. The first-order valence-electron chi connectivity index (χ1n) is 5.86. The van der Waals surface area contributed by atoms with Gasteiger partial charge in [-0.15, -0.1) is 0 Å². The summed E-state index contributed by atoms with van der Waals surface area (Å²) in [6.07, 6.45) is 6.95. The lowest BCUT2D eigenvalue weighted by molar-refractivity contribution is 0.391. The molecule has 0 saturated heterocycles. The van der Waals surface area contributed by atoms with Crippen LogP contribution in [0.15, 0.2) is 0 Å². The molecule has 0 bridgehead atoms. The van der Waals surface area contributed by atoms with Gasteiger partial charge in [-0.1, -0.05) is 20.3 Å². The molecular weight excluding hydrogens is 172 g/mol. The molecule has 0 spiro atoms. The van der Waals surface area contributed by atoms with Gasteiger partial charge in [-0.25, -0.2) is 0 Å². The van der Waals surface area contributed by atoms with E-state index in [9.17, 15) is 0 Å². The molecule has 1 rings (SSSR count). The number of nitriles is 1. The Hall–Kier alpha value is -0.550. The van der Waals surface area contributed by atoms with Crippen molar-refractivity contribution in [3.8, 4) is 6.07 Å². The SMILES string of the molecule is CCCC(CC)NCC1(CC#N)CC1. The lowest BCUT2D eigenvalue weighted by atomic mass is 10.0. The predicted octanol–water partition coefficient (Wildman–Crippen LogP) is 2.85. The van der Waals surface area contributed by atoms with Gasteiger partial charge in [-0.05, 0) is 31.1 Å². The van der Waals surface area contributed by atoms with E-state index in [4.69, 9.17) is 5.26 Å². The van der Waals surface area contributed by atoms with E-state index in [2.05, 4.69) is 25.2 Å². The quantitative estimate of drug-likeness (QED) is 0.676. The Morgan fingerprint density at radius 2 is 2.14 bits per heavy atom. The highest BCUT2D eigenvalue weighted by atomic mass is 14.9. The average molecular weight is 194 g/mol. The molecule has 2 heteroatoms. The second-order valence-corrected chi connectivity index (χ2v) is 4.61. The van der Waals surface area contributed by atoms with Gasteiger partial charge in [0, 0.05) is 19.0 Å². The summed E-state index contributed by atoms with van der Waals surface area (Å²) >= 11 is 0. The van der Waals surface area contributed by atoms with Gasteiger partial charge >= 0.3 is 0 Å². The van der Waals surface area contributed by atoms with Gasteiger partial charge in [0.15, 0.2) is 0 Å². The van der Waals surface area contributed by atoms with Crippen LogP contribution in [0.1, 0.15) is 52.4 Å². The largest absolute Gasteiger partial charge is 0.313 e. The van der Waals surface area contributed by atoms with E-state index in [1.165, 1.54) is 32.1 Å². The predicted molar refractivity (Wildman–Crippen MR) is 58.9 cm³/mol. The topological polar surface area (TPSA) is 35.8 Å². The van der Waals surface area contributed by atoms with Crippen molar-refractivity contribution < 1.29 is 0 Å². The Labute approximate surface area is 87.7 Å². The third kappa shape index (κ3) is 3.31. The molecule has 0 aromatic carbocycles. The van der Waals surface area contributed by atoms with Gasteiger partial charge < -0.3 is 5.32 Å². The van der Waals surface area contributed by atoms with Gasteiger partial charge in [-0.2, -0.15) is 5.26 Å². The number of nitrogens with one attached hydrogen (secondary N) is 1. The molecule has 0 aliphatic heterocycles. The second-order valence-electron chi connectivity index (χ2n) is 4.61. The van der Waals surface area contributed by atoms with Crippen LogP contribution in [0, 0.1) is 16.7 Å². The van der Waals surface area contributed by atoms with E-state index < -0.39 is 0 Å². The number of rotatable bonds is 7. The molecule has 1 aliphatic carbocycles. The minimum atomic E-state index is 0.357. The Bertz CT molecular complexity index is 201. The van der Waals surface area contributed by atoms with Crippen LogP contribution in [0.4, 0.5) is 0 Å². The van der Waals surface area contributed by atoms with Crippen LogP contribution in [0.2, 0.25) is 0 Å². The van der Waals surface area contributed by atoms with Gasteiger partial charge in [0.1, 0.15) is 0 Å². The van der Waals surface area contributed by atoms with E-state index in [1.807, 2.05) is 0 Å². The van der Waals surface area contributed by atoms with E-state index in [1.54, 1.807) is 0 Å². The van der Waals surface area contributed by atoms with Crippen molar-refractivity contribution in [3.63, 3.8) is 0 Å². The van der Waals surface area contributed by atoms with Crippen LogP contribution in [0.3, 0.4) is 0 Å². The van der Waals surface area contributed by atoms with Crippen molar-refractivity contribution in [2.45, 2.75) is 58.4 Å². The third-order valence-electron chi connectivity index (χ3n) is 3.31. The summed E-state index contributed by atoms with van der Waals surface area (Å²) in [7, 11) is 0. The first-order valence-corrected chi connectivity index (χ1v) is 5.86. The highest BCUT2D eigenvalue weighted by Crippen LogP contribution is 2.47. The maximum atomic E-state index is 8.69. The minimum Gasteiger partial charge on any atom is -0.313 e. The van der Waals surface area contributed by atoms with Gasteiger partial charge in [0.05, 0.1) is 6.07 Å². The normalized spacial score (nSPS) is 20.1. The van der Waals surface area contributed by atoms with E-state index in [-0.39, 0.29) is 0 Å². The fourth-order valence-electron chi connectivity index (χ4n) is 1.92. The summed E-state index contributed by atoms with van der Waals surface area (Å²) in [6, 6.07) is 2.97. The maximum Gasteiger partial charge on any atom is 0.0628 e. The molecule has 1 fully saturated rings. The van der Waals surface area contributed by atoms with Crippen LogP contribution in [-0.4, -0.2) is 12.6 Å². The molecule has 1 saturated carbocycles. The van der Waals surface area contributed by atoms with Crippen LogP contribution in [0.25, 0.3) is 0 Å². The first-order chi connectivity index (χ1) is 6.76. The summed E-state index contributed by atoms with van der Waals surface area (Å²) in [5, 5.41) is 12.3. The van der Waals surface area contributed by atoms with Crippen molar-refractivity contribution in [3.05, 3.63) is 0 Å². The van der Waals surface area contributed by atoms with E-state index in [0.717, 1.165) is 13.0 Å². The molecule has 0 aromatic rings. The van der Waals surface area contributed by atoms with Crippen molar-refractivity contribution in [1.82, 2.24) is 5.32 Å². The Morgan fingerprint density at radius 1 is 1.43 bits per heavy atom. The van der Waals surface area contributed by atoms with Crippen molar-refractivity contribution >= 4 is 0 Å². The summed E-state index contributed by atoms with van der Waals surface area (Å²) in [5.74, 6) is 0. The third-order valence-corrected chi connectivity index (χ3v) is 3.31. The summed E-state index contributed by atoms with van der Waals surface area (Å²) in [6.45, 7) is 5.52. The molecular formula is C12H22N2. The van der Waals surface area contributed by atoms with Crippen LogP contribution in [-0.2, 0) is 0 Å². The molecule has 14 heavy (non-hydrogen) atoms. The molecule has 0 amide bonds. The van der Waals surface area contributed by atoms with Crippen molar-refractivity contribution in [2.24, 2.45) is 5.41 Å². The molecule has 1 atom stereocenters. The molecule has 1 unspecified atom stereocenters. The monoisotopic (exact) mass is 194 g/mol. The zero-order valence-electron chi connectivity index (χ0n) is 9.47.